The van der Waals surface area contributed by atoms with E-state index in [0.29, 0.717) is 12.0 Å². The fourth-order valence-electron chi connectivity index (χ4n) is 1.91. The van der Waals surface area contributed by atoms with Gasteiger partial charge in [-0.25, -0.2) is 0 Å². The topological polar surface area (TPSA) is 39.7 Å². The van der Waals surface area contributed by atoms with Crippen LogP contribution in [-0.4, -0.2) is 45.1 Å². The molecule has 4 nitrogen and oxygen atoms in total. The van der Waals surface area contributed by atoms with Gasteiger partial charge in [0, 0.05) is 25.0 Å². The molecular formula is C15H29IN4S. The molecule has 1 aromatic heterocycles. The molecule has 2 N–H and O–H groups in total. The minimum atomic E-state index is 0. The maximum atomic E-state index is 4.28. The van der Waals surface area contributed by atoms with Crippen molar-refractivity contribution >= 4 is 41.3 Å². The fourth-order valence-corrected chi connectivity index (χ4v) is 2.83. The smallest absolute Gasteiger partial charge is 0.191 e. The first-order valence-electron chi connectivity index (χ1n) is 7.19. The van der Waals surface area contributed by atoms with Gasteiger partial charge in [-0.05, 0) is 37.9 Å². The van der Waals surface area contributed by atoms with Crippen LogP contribution in [0, 0.1) is 5.92 Å². The van der Waals surface area contributed by atoms with E-state index in [9.17, 15) is 0 Å². The fraction of sp³-hybridized carbons (Fsp3) is 0.667. The molecule has 0 fully saturated rings. The molecule has 6 heteroatoms. The van der Waals surface area contributed by atoms with E-state index < -0.39 is 0 Å². The quantitative estimate of drug-likeness (QED) is 0.401. The molecular weight excluding hydrogens is 395 g/mol. The van der Waals surface area contributed by atoms with Crippen LogP contribution in [0.4, 0.5) is 0 Å². The Hall–Kier alpha value is -0.340. The largest absolute Gasteiger partial charge is 0.356 e. The molecule has 0 aliphatic carbocycles. The second-order valence-corrected chi connectivity index (χ2v) is 6.54. The second-order valence-electron chi connectivity index (χ2n) is 5.56. The molecule has 122 valence electrons. The number of hydrogen-bond donors (Lipinski definition) is 2. The zero-order chi connectivity index (χ0) is 15.0. The molecule has 1 rings (SSSR count). The predicted molar refractivity (Wildman–Crippen MR) is 105 cm³/mol. The lowest BCUT2D eigenvalue weighted by atomic mass is 10.1. The zero-order valence-electron chi connectivity index (χ0n) is 13.7. The molecule has 1 heterocycles. The lowest BCUT2D eigenvalue weighted by molar-refractivity contribution is 0.302. The van der Waals surface area contributed by atoms with Gasteiger partial charge in [0.25, 0.3) is 0 Å². The van der Waals surface area contributed by atoms with Gasteiger partial charge in [-0.15, -0.1) is 35.3 Å². The third kappa shape index (κ3) is 8.01. The summed E-state index contributed by atoms with van der Waals surface area (Å²) >= 11 is 1.80. The predicted octanol–water partition coefficient (Wildman–Crippen LogP) is 3.18. The Labute approximate surface area is 150 Å². The summed E-state index contributed by atoms with van der Waals surface area (Å²) in [6.45, 7) is 6.28. The normalized spacial score (nSPS) is 13.2. The minimum absolute atomic E-state index is 0. The lowest BCUT2D eigenvalue weighted by Crippen LogP contribution is -2.42. The molecule has 0 aliphatic heterocycles. The summed E-state index contributed by atoms with van der Waals surface area (Å²) in [6, 6.07) is 4.66. The third-order valence-corrected chi connectivity index (χ3v) is 4.17. The van der Waals surface area contributed by atoms with Crippen molar-refractivity contribution in [3.63, 3.8) is 0 Å². The molecule has 1 atom stereocenters. The van der Waals surface area contributed by atoms with Crippen molar-refractivity contribution in [2.75, 3.05) is 34.2 Å². The summed E-state index contributed by atoms with van der Waals surface area (Å²) in [5.41, 5.74) is 0. The average Bonchev–Trinajstić information content (AvgIpc) is 2.90. The molecule has 0 bridgehead atoms. The molecule has 0 spiro atoms. The maximum absolute atomic E-state index is 4.28. The molecule has 0 saturated carbocycles. The Morgan fingerprint density at radius 2 is 2.05 bits per heavy atom. The number of nitrogens with one attached hydrogen (secondary N) is 2. The maximum Gasteiger partial charge on any atom is 0.191 e. The van der Waals surface area contributed by atoms with Gasteiger partial charge in [-0.2, -0.15) is 0 Å². The number of rotatable bonds is 7. The molecule has 0 saturated heterocycles. The SMILES string of the molecule is CN=C(NCCC(C)C)NCC(c1cccs1)N(C)C.I. The van der Waals surface area contributed by atoms with Gasteiger partial charge < -0.3 is 15.5 Å². The Kier molecular flexibility index (Phi) is 11.1. The van der Waals surface area contributed by atoms with Crippen LogP contribution in [0.25, 0.3) is 0 Å². The van der Waals surface area contributed by atoms with Crippen molar-refractivity contribution in [2.45, 2.75) is 26.3 Å². The first kappa shape index (κ1) is 20.7. The lowest BCUT2D eigenvalue weighted by Gasteiger charge is -2.24. The van der Waals surface area contributed by atoms with E-state index in [4.69, 9.17) is 0 Å². The second kappa shape index (κ2) is 11.3. The Morgan fingerprint density at radius 3 is 2.52 bits per heavy atom. The van der Waals surface area contributed by atoms with Crippen LogP contribution >= 0.6 is 35.3 Å². The van der Waals surface area contributed by atoms with E-state index in [1.54, 1.807) is 11.3 Å². The van der Waals surface area contributed by atoms with E-state index in [1.165, 1.54) is 4.88 Å². The Morgan fingerprint density at radius 1 is 1.33 bits per heavy atom. The monoisotopic (exact) mass is 424 g/mol. The molecule has 0 amide bonds. The van der Waals surface area contributed by atoms with Crippen molar-refractivity contribution in [2.24, 2.45) is 10.9 Å². The van der Waals surface area contributed by atoms with Crippen molar-refractivity contribution in [1.29, 1.82) is 0 Å². The summed E-state index contributed by atoms with van der Waals surface area (Å²) in [7, 11) is 6.04. The Bertz CT molecular complexity index is 390. The number of likely N-dealkylation sites (N-methyl/N-ethyl adjacent to an activating group) is 1. The first-order chi connectivity index (χ1) is 9.54. The highest BCUT2D eigenvalue weighted by atomic mass is 127. The van der Waals surface area contributed by atoms with Crippen LogP contribution in [0.3, 0.4) is 0 Å². The highest BCUT2D eigenvalue weighted by molar-refractivity contribution is 14.0. The van der Waals surface area contributed by atoms with E-state index in [1.807, 2.05) is 7.05 Å². The zero-order valence-corrected chi connectivity index (χ0v) is 16.9. The van der Waals surface area contributed by atoms with Crippen molar-refractivity contribution < 1.29 is 0 Å². The third-order valence-electron chi connectivity index (χ3n) is 3.20. The molecule has 21 heavy (non-hydrogen) atoms. The summed E-state index contributed by atoms with van der Waals surface area (Å²) < 4.78 is 0. The number of thiophene rings is 1. The van der Waals surface area contributed by atoms with Crippen molar-refractivity contribution in [1.82, 2.24) is 15.5 Å². The van der Waals surface area contributed by atoms with Crippen molar-refractivity contribution in [3.05, 3.63) is 22.4 Å². The van der Waals surface area contributed by atoms with Gasteiger partial charge in [0.2, 0.25) is 0 Å². The minimum Gasteiger partial charge on any atom is -0.356 e. The van der Waals surface area contributed by atoms with Gasteiger partial charge in [0.15, 0.2) is 5.96 Å². The van der Waals surface area contributed by atoms with Gasteiger partial charge in [0.05, 0.1) is 6.04 Å². The van der Waals surface area contributed by atoms with Crippen LogP contribution in [-0.2, 0) is 0 Å². The number of guanidine groups is 1. The standard InChI is InChI=1S/C15H28N4S.HI/c1-12(2)8-9-17-15(16-3)18-11-13(19(4)5)14-7-6-10-20-14;/h6-7,10,12-13H,8-9,11H2,1-5H3,(H2,16,17,18);1H. The summed E-state index contributed by atoms with van der Waals surface area (Å²) in [6.07, 6.45) is 1.16. The highest BCUT2D eigenvalue weighted by Gasteiger charge is 2.15. The molecule has 0 radical (unpaired) electrons. The summed E-state index contributed by atoms with van der Waals surface area (Å²) in [5, 5.41) is 8.91. The molecule has 1 unspecified atom stereocenters. The summed E-state index contributed by atoms with van der Waals surface area (Å²) in [4.78, 5) is 7.89. The van der Waals surface area contributed by atoms with Gasteiger partial charge >= 0.3 is 0 Å². The molecule has 0 aromatic carbocycles. The highest BCUT2D eigenvalue weighted by Crippen LogP contribution is 2.22. The van der Waals surface area contributed by atoms with Crippen LogP contribution in [0.5, 0.6) is 0 Å². The van der Waals surface area contributed by atoms with E-state index in [2.05, 4.69) is 66.0 Å². The van der Waals surface area contributed by atoms with Crippen LogP contribution in [0.2, 0.25) is 0 Å². The molecule has 0 aliphatic rings. The average molecular weight is 424 g/mol. The van der Waals surface area contributed by atoms with Gasteiger partial charge in [-0.3, -0.25) is 4.99 Å². The Balaban J connectivity index is 0.00000400. The van der Waals surface area contributed by atoms with Gasteiger partial charge in [0.1, 0.15) is 0 Å². The number of hydrogen-bond acceptors (Lipinski definition) is 3. The number of aliphatic imine (C=N–C) groups is 1. The molecule has 1 aromatic rings. The summed E-state index contributed by atoms with van der Waals surface area (Å²) in [5.74, 6) is 1.59. The van der Waals surface area contributed by atoms with Crippen molar-refractivity contribution in [3.8, 4) is 0 Å². The van der Waals surface area contributed by atoms with Crippen LogP contribution in [0.15, 0.2) is 22.5 Å². The van der Waals surface area contributed by atoms with E-state index in [0.717, 1.165) is 25.5 Å². The van der Waals surface area contributed by atoms with Crippen LogP contribution in [0.1, 0.15) is 31.2 Å². The number of halogens is 1. The number of nitrogens with zero attached hydrogens (tertiary/aromatic N) is 2. The van der Waals surface area contributed by atoms with E-state index >= 15 is 0 Å². The van der Waals surface area contributed by atoms with Gasteiger partial charge in [-0.1, -0.05) is 19.9 Å². The van der Waals surface area contributed by atoms with Crippen LogP contribution < -0.4 is 10.6 Å². The van der Waals surface area contributed by atoms with E-state index in [-0.39, 0.29) is 24.0 Å². The first-order valence-corrected chi connectivity index (χ1v) is 8.07.